The second-order valence-electron chi connectivity index (χ2n) is 4.64. The van der Waals surface area contributed by atoms with Crippen molar-refractivity contribution in [2.75, 3.05) is 26.9 Å². The number of carbonyl (C=O) groups excluding carboxylic acids is 3. The van der Waals surface area contributed by atoms with Crippen LogP contribution < -0.4 is 21.2 Å². The standard InChI is InChI=1S/C15H20N4O5/c1-23-7-6-17-14(21)8-15(22)19-18-9-11-2-4-12(5-3-11)24-10-13(16)20/h2-5,9H,6-8,10H2,1H3,(H2,16,20)(H,17,21)(H,19,22)/b18-9+. The van der Waals surface area contributed by atoms with Crippen LogP contribution in [0.15, 0.2) is 29.4 Å². The van der Waals surface area contributed by atoms with Crippen molar-refractivity contribution in [3.05, 3.63) is 29.8 Å². The van der Waals surface area contributed by atoms with E-state index >= 15 is 0 Å². The number of benzene rings is 1. The van der Waals surface area contributed by atoms with Crippen molar-refractivity contribution in [3.63, 3.8) is 0 Å². The van der Waals surface area contributed by atoms with Crippen LogP contribution in [-0.2, 0) is 19.1 Å². The number of hydrogen-bond donors (Lipinski definition) is 3. The van der Waals surface area contributed by atoms with Crippen LogP contribution in [0.2, 0.25) is 0 Å². The number of nitrogens with zero attached hydrogens (tertiary/aromatic N) is 1. The van der Waals surface area contributed by atoms with Gasteiger partial charge in [0.25, 0.3) is 5.91 Å². The zero-order chi connectivity index (χ0) is 17.8. The molecule has 0 aliphatic rings. The number of primary amides is 1. The summed E-state index contributed by atoms with van der Waals surface area (Å²) in [5.41, 5.74) is 7.93. The van der Waals surface area contributed by atoms with E-state index in [2.05, 4.69) is 15.8 Å². The summed E-state index contributed by atoms with van der Waals surface area (Å²) in [6.45, 7) is 0.524. The molecule has 0 atom stereocenters. The highest BCUT2D eigenvalue weighted by atomic mass is 16.5. The second-order valence-corrected chi connectivity index (χ2v) is 4.64. The monoisotopic (exact) mass is 336 g/mol. The smallest absolute Gasteiger partial charge is 0.255 e. The van der Waals surface area contributed by atoms with E-state index in [1.165, 1.54) is 13.3 Å². The summed E-state index contributed by atoms with van der Waals surface area (Å²) in [4.78, 5) is 33.5. The third-order valence-electron chi connectivity index (χ3n) is 2.61. The highest BCUT2D eigenvalue weighted by Crippen LogP contribution is 2.10. The summed E-state index contributed by atoms with van der Waals surface area (Å²) in [5.74, 6) is -1.00. The molecule has 0 saturated heterocycles. The Balaban J connectivity index is 2.34. The molecule has 0 fully saturated rings. The van der Waals surface area contributed by atoms with Gasteiger partial charge in [0.2, 0.25) is 11.8 Å². The lowest BCUT2D eigenvalue weighted by Gasteiger charge is -2.04. The molecule has 3 amide bonds. The lowest BCUT2D eigenvalue weighted by Crippen LogP contribution is -2.31. The van der Waals surface area contributed by atoms with Gasteiger partial charge in [-0.05, 0) is 29.8 Å². The minimum absolute atomic E-state index is 0.198. The summed E-state index contributed by atoms with van der Waals surface area (Å²) >= 11 is 0. The molecule has 1 rings (SSSR count). The third-order valence-corrected chi connectivity index (χ3v) is 2.61. The Bertz CT molecular complexity index is 586. The maximum absolute atomic E-state index is 11.5. The van der Waals surface area contributed by atoms with E-state index < -0.39 is 17.7 Å². The minimum atomic E-state index is -0.561. The minimum Gasteiger partial charge on any atom is -0.484 e. The van der Waals surface area contributed by atoms with Crippen LogP contribution in [-0.4, -0.2) is 50.8 Å². The first-order valence-electron chi connectivity index (χ1n) is 7.10. The third kappa shape index (κ3) is 8.49. The normalized spacial score (nSPS) is 10.4. The van der Waals surface area contributed by atoms with Gasteiger partial charge in [-0.3, -0.25) is 14.4 Å². The van der Waals surface area contributed by atoms with E-state index in [1.807, 2.05) is 0 Å². The first-order chi connectivity index (χ1) is 11.5. The largest absolute Gasteiger partial charge is 0.484 e. The van der Waals surface area contributed by atoms with Crippen LogP contribution in [0.1, 0.15) is 12.0 Å². The van der Waals surface area contributed by atoms with Crippen molar-refractivity contribution in [2.45, 2.75) is 6.42 Å². The summed E-state index contributed by atoms with van der Waals surface area (Å²) < 4.78 is 9.88. The first-order valence-corrected chi connectivity index (χ1v) is 7.10. The van der Waals surface area contributed by atoms with Gasteiger partial charge >= 0.3 is 0 Å². The molecule has 130 valence electrons. The Labute approximate surface area is 139 Å². The number of hydrazone groups is 1. The van der Waals surface area contributed by atoms with E-state index in [4.69, 9.17) is 15.2 Å². The molecule has 0 aliphatic carbocycles. The van der Waals surface area contributed by atoms with Crippen LogP contribution in [0.3, 0.4) is 0 Å². The highest BCUT2D eigenvalue weighted by molar-refractivity contribution is 5.97. The van der Waals surface area contributed by atoms with Crippen LogP contribution >= 0.6 is 0 Å². The molecule has 0 aliphatic heterocycles. The second kappa shape index (κ2) is 10.7. The quantitative estimate of drug-likeness (QED) is 0.222. The van der Waals surface area contributed by atoms with Gasteiger partial charge < -0.3 is 20.5 Å². The fourth-order valence-electron chi connectivity index (χ4n) is 1.52. The predicted molar refractivity (Wildman–Crippen MR) is 86.4 cm³/mol. The number of rotatable bonds is 10. The van der Waals surface area contributed by atoms with Crippen LogP contribution in [0, 0.1) is 0 Å². The van der Waals surface area contributed by atoms with Gasteiger partial charge in [-0.15, -0.1) is 0 Å². The fourth-order valence-corrected chi connectivity index (χ4v) is 1.52. The molecule has 1 aromatic carbocycles. The van der Waals surface area contributed by atoms with Crippen molar-refractivity contribution in [1.29, 1.82) is 0 Å². The van der Waals surface area contributed by atoms with Gasteiger partial charge in [0.15, 0.2) is 6.61 Å². The molecule has 9 heteroatoms. The molecule has 0 saturated carbocycles. The Morgan fingerprint density at radius 2 is 1.92 bits per heavy atom. The van der Waals surface area contributed by atoms with Gasteiger partial charge in [-0.1, -0.05) is 0 Å². The van der Waals surface area contributed by atoms with Crippen molar-refractivity contribution < 1.29 is 23.9 Å². The number of carbonyl (C=O) groups is 3. The summed E-state index contributed by atoms with van der Waals surface area (Å²) in [5, 5.41) is 6.28. The van der Waals surface area contributed by atoms with Gasteiger partial charge in [-0.25, -0.2) is 5.43 Å². The Hall–Kier alpha value is -2.94. The lowest BCUT2D eigenvalue weighted by atomic mass is 10.2. The Kier molecular flexibility index (Phi) is 8.54. The summed E-state index contributed by atoms with van der Waals surface area (Å²) in [6, 6.07) is 6.64. The average molecular weight is 336 g/mol. The summed E-state index contributed by atoms with van der Waals surface area (Å²) in [6.07, 6.45) is 1.10. The molecule has 1 aromatic rings. The van der Waals surface area contributed by atoms with Crippen LogP contribution in [0.5, 0.6) is 5.75 Å². The summed E-state index contributed by atoms with van der Waals surface area (Å²) in [7, 11) is 1.52. The van der Waals surface area contributed by atoms with Crippen molar-refractivity contribution >= 4 is 23.9 Å². The van der Waals surface area contributed by atoms with Gasteiger partial charge in [0.05, 0.1) is 12.8 Å². The Morgan fingerprint density at radius 1 is 1.21 bits per heavy atom. The molecule has 0 bridgehead atoms. The van der Waals surface area contributed by atoms with Crippen molar-refractivity contribution in [1.82, 2.24) is 10.7 Å². The fraction of sp³-hybridized carbons (Fsp3) is 0.333. The molecule has 0 spiro atoms. The number of nitrogens with one attached hydrogen (secondary N) is 2. The number of nitrogens with two attached hydrogens (primary N) is 1. The number of hydrogen-bond acceptors (Lipinski definition) is 6. The molecular weight excluding hydrogens is 316 g/mol. The van der Waals surface area contributed by atoms with E-state index in [9.17, 15) is 14.4 Å². The predicted octanol–water partition coefficient (Wildman–Crippen LogP) is -0.846. The van der Waals surface area contributed by atoms with E-state index in [0.29, 0.717) is 24.5 Å². The van der Waals surface area contributed by atoms with E-state index in [-0.39, 0.29) is 13.0 Å². The maximum atomic E-state index is 11.5. The highest BCUT2D eigenvalue weighted by Gasteiger charge is 2.07. The molecule has 0 aromatic heterocycles. The number of amides is 3. The molecule has 9 nitrogen and oxygen atoms in total. The molecular formula is C15H20N4O5. The number of methoxy groups -OCH3 is 1. The number of ether oxygens (including phenoxy) is 2. The molecule has 24 heavy (non-hydrogen) atoms. The van der Waals surface area contributed by atoms with Gasteiger partial charge in [0, 0.05) is 13.7 Å². The van der Waals surface area contributed by atoms with Gasteiger partial charge in [0.1, 0.15) is 12.2 Å². The van der Waals surface area contributed by atoms with Crippen molar-refractivity contribution in [3.8, 4) is 5.75 Å². The van der Waals surface area contributed by atoms with Crippen molar-refractivity contribution in [2.24, 2.45) is 10.8 Å². The van der Waals surface area contributed by atoms with Crippen LogP contribution in [0.25, 0.3) is 0 Å². The molecule has 0 radical (unpaired) electrons. The van der Waals surface area contributed by atoms with E-state index in [0.717, 1.165) is 0 Å². The SMILES string of the molecule is COCCNC(=O)CC(=O)N/N=C/c1ccc(OCC(N)=O)cc1. The average Bonchev–Trinajstić information content (AvgIpc) is 2.54. The molecule has 0 heterocycles. The Morgan fingerprint density at radius 3 is 2.54 bits per heavy atom. The lowest BCUT2D eigenvalue weighted by molar-refractivity contribution is -0.129. The molecule has 4 N–H and O–H groups in total. The zero-order valence-electron chi connectivity index (χ0n) is 13.3. The van der Waals surface area contributed by atoms with Gasteiger partial charge in [-0.2, -0.15) is 5.10 Å². The maximum Gasteiger partial charge on any atom is 0.255 e. The van der Waals surface area contributed by atoms with Crippen LogP contribution in [0.4, 0.5) is 0 Å². The topological polar surface area (TPSA) is 132 Å². The molecule has 0 unspecified atom stereocenters. The van der Waals surface area contributed by atoms with E-state index in [1.54, 1.807) is 24.3 Å². The first kappa shape index (κ1) is 19.1. The zero-order valence-corrected chi connectivity index (χ0v) is 13.3.